The van der Waals surface area contributed by atoms with Crippen molar-refractivity contribution in [2.75, 3.05) is 11.4 Å². The van der Waals surface area contributed by atoms with E-state index in [9.17, 15) is 9.18 Å². The van der Waals surface area contributed by atoms with Crippen molar-refractivity contribution in [1.82, 2.24) is 0 Å². The molecule has 0 radical (unpaired) electrons. The highest BCUT2D eigenvalue weighted by atomic mass is 35.5. The zero-order valence-electron chi connectivity index (χ0n) is 10.2. The van der Waals surface area contributed by atoms with E-state index in [1.165, 1.54) is 30.2 Å². The quantitative estimate of drug-likeness (QED) is 0.581. The van der Waals surface area contributed by atoms with Gasteiger partial charge in [-0.05, 0) is 42.5 Å². The summed E-state index contributed by atoms with van der Waals surface area (Å²) in [6.07, 6.45) is 5.81. The van der Waals surface area contributed by atoms with Crippen LogP contribution in [0.2, 0.25) is 0 Å². The van der Waals surface area contributed by atoms with E-state index in [0.29, 0.717) is 12.5 Å². The van der Waals surface area contributed by atoms with Gasteiger partial charge < -0.3 is 0 Å². The number of amides is 1. The second-order valence-corrected chi connectivity index (χ2v) is 5.14. The molecule has 0 aromatic heterocycles. The van der Waals surface area contributed by atoms with Gasteiger partial charge in [0.15, 0.2) is 0 Å². The summed E-state index contributed by atoms with van der Waals surface area (Å²) >= 11 is 5.59. The lowest BCUT2D eigenvalue weighted by atomic mass is 9.89. The molecule has 0 aliphatic heterocycles. The molecule has 4 heteroatoms. The minimum Gasteiger partial charge on any atom is -0.296 e. The Morgan fingerprint density at radius 3 is 2.56 bits per heavy atom. The first-order chi connectivity index (χ1) is 8.68. The number of rotatable bonds is 3. The van der Waals surface area contributed by atoms with Crippen molar-refractivity contribution in [3.63, 3.8) is 0 Å². The number of carbonyl (C=O) groups excluding carboxylic acids is 1. The van der Waals surface area contributed by atoms with E-state index in [0.717, 1.165) is 12.8 Å². The third-order valence-electron chi connectivity index (χ3n) is 3.52. The first-order valence-corrected chi connectivity index (χ1v) is 6.78. The molecule has 1 aromatic carbocycles. The van der Waals surface area contributed by atoms with Crippen LogP contribution in [0.1, 0.15) is 32.1 Å². The first kappa shape index (κ1) is 13.3. The second kappa shape index (κ2) is 6.19. The number of carbonyl (C=O) groups is 1. The summed E-state index contributed by atoms with van der Waals surface area (Å²) < 4.78 is 13.7. The van der Waals surface area contributed by atoms with Gasteiger partial charge in [-0.25, -0.2) is 4.39 Å². The largest absolute Gasteiger partial charge is 0.320 e. The van der Waals surface area contributed by atoms with E-state index in [4.69, 9.17) is 11.6 Å². The van der Waals surface area contributed by atoms with Crippen molar-refractivity contribution in [2.45, 2.75) is 32.1 Å². The van der Waals surface area contributed by atoms with Crippen molar-refractivity contribution < 1.29 is 9.18 Å². The van der Waals surface area contributed by atoms with Crippen LogP contribution in [0.15, 0.2) is 24.3 Å². The van der Waals surface area contributed by atoms with E-state index in [-0.39, 0.29) is 5.69 Å². The fourth-order valence-corrected chi connectivity index (χ4v) is 2.72. The third-order valence-corrected chi connectivity index (χ3v) is 3.73. The maximum Gasteiger partial charge on any atom is 0.320 e. The predicted octanol–water partition coefficient (Wildman–Crippen LogP) is 4.57. The Bertz CT molecular complexity index is 418. The Labute approximate surface area is 112 Å². The van der Waals surface area contributed by atoms with Crippen LogP contribution in [0.4, 0.5) is 14.9 Å². The standard InChI is InChI=1S/C14H17ClFNO/c15-14(18)17(10-11-6-2-1-3-7-11)13-9-5-4-8-12(13)16/h4-5,8-9,11H,1-3,6-7,10H2. The molecular weight excluding hydrogens is 253 g/mol. The Morgan fingerprint density at radius 2 is 1.94 bits per heavy atom. The van der Waals surface area contributed by atoms with Crippen LogP contribution < -0.4 is 4.90 Å². The van der Waals surface area contributed by atoms with Gasteiger partial charge in [0.05, 0.1) is 5.69 Å². The minimum atomic E-state index is -0.606. The van der Waals surface area contributed by atoms with Gasteiger partial charge >= 0.3 is 5.37 Å². The molecule has 0 spiro atoms. The average molecular weight is 270 g/mol. The Hall–Kier alpha value is -1.09. The molecule has 0 unspecified atom stereocenters. The van der Waals surface area contributed by atoms with Gasteiger partial charge in [-0.2, -0.15) is 0 Å². The molecule has 0 bridgehead atoms. The number of halogens is 2. The Balaban J connectivity index is 2.13. The van der Waals surface area contributed by atoms with E-state index in [2.05, 4.69) is 0 Å². The lowest BCUT2D eigenvalue weighted by Gasteiger charge is -2.28. The highest BCUT2D eigenvalue weighted by Crippen LogP contribution is 2.28. The first-order valence-electron chi connectivity index (χ1n) is 6.40. The van der Waals surface area contributed by atoms with E-state index >= 15 is 0 Å². The third kappa shape index (κ3) is 3.22. The molecule has 1 amide bonds. The van der Waals surface area contributed by atoms with Crippen LogP contribution in [0, 0.1) is 11.7 Å². The number of para-hydroxylation sites is 1. The molecule has 0 N–H and O–H groups in total. The van der Waals surface area contributed by atoms with Gasteiger partial charge in [0.1, 0.15) is 5.82 Å². The summed E-state index contributed by atoms with van der Waals surface area (Å²) in [7, 11) is 0. The number of anilines is 1. The van der Waals surface area contributed by atoms with Crippen molar-refractivity contribution in [1.29, 1.82) is 0 Å². The summed E-state index contributed by atoms with van der Waals surface area (Å²) in [6.45, 7) is 0.517. The van der Waals surface area contributed by atoms with Crippen LogP contribution in [-0.2, 0) is 0 Å². The van der Waals surface area contributed by atoms with E-state index in [1.54, 1.807) is 18.2 Å². The highest BCUT2D eigenvalue weighted by Gasteiger charge is 2.22. The zero-order chi connectivity index (χ0) is 13.0. The number of hydrogen-bond donors (Lipinski definition) is 0. The molecule has 1 aromatic rings. The second-order valence-electron chi connectivity index (χ2n) is 4.82. The molecule has 2 nitrogen and oxygen atoms in total. The lowest BCUT2D eigenvalue weighted by molar-refractivity contribution is 0.261. The molecule has 0 heterocycles. The van der Waals surface area contributed by atoms with Crippen molar-refractivity contribution in [2.24, 2.45) is 5.92 Å². The highest BCUT2D eigenvalue weighted by molar-refractivity contribution is 6.66. The molecule has 0 saturated heterocycles. The van der Waals surface area contributed by atoms with Crippen LogP contribution in [0.25, 0.3) is 0 Å². The fraction of sp³-hybridized carbons (Fsp3) is 0.500. The van der Waals surface area contributed by atoms with Gasteiger partial charge in [0.25, 0.3) is 0 Å². The summed E-state index contributed by atoms with van der Waals surface area (Å²) in [4.78, 5) is 12.8. The van der Waals surface area contributed by atoms with Crippen LogP contribution in [0.3, 0.4) is 0 Å². The predicted molar refractivity (Wildman–Crippen MR) is 71.6 cm³/mol. The molecule has 1 aliphatic carbocycles. The molecule has 18 heavy (non-hydrogen) atoms. The van der Waals surface area contributed by atoms with Crippen LogP contribution in [-0.4, -0.2) is 11.9 Å². The van der Waals surface area contributed by atoms with Gasteiger partial charge in [-0.3, -0.25) is 9.69 Å². The zero-order valence-corrected chi connectivity index (χ0v) is 11.0. The normalized spacial score (nSPS) is 16.6. The van der Waals surface area contributed by atoms with Crippen LogP contribution >= 0.6 is 11.6 Å². The number of benzene rings is 1. The fourth-order valence-electron chi connectivity index (χ4n) is 2.56. The van der Waals surface area contributed by atoms with Crippen molar-refractivity contribution in [3.8, 4) is 0 Å². The number of nitrogens with zero attached hydrogens (tertiary/aromatic N) is 1. The molecule has 98 valence electrons. The average Bonchev–Trinajstić information content (AvgIpc) is 2.38. The van der Waals surface area contributed by atoms with Crippen molar-refractivity contribution >= 4 is 22.7 Å². The smallest absolute Gasteiger partial charge is 0.296 e. The summed E-state index contributed by atoms with van der Waals surface area (Å²) in [5, 5.41) is -0.606. The summed E-state index contributed by atoms with van der Waals surface area (Å²) in [5.74, 6) is 0.0309. The molecule has 0 atom stereocenters. The SMILES string of the molecule is O=C(Cl)N(CC1CCCCC1)c1ccccc1F. The molecule has 1 saturated carbocycles. The summed E-state index contributed by atoms with van der Waals surface area (Å²) in [5.41, 5.74) is 0.281. The molecule has 2 rings (SSSR count). The molecule has 1 fully saturated rings. The van der Waals surface area contributed by atoms with E-state index < -0.39 is 11.2 Å². The maximum atomic E-state index is 13.7. The van der Waals surface area contributed by atoms with Crippen LogP contribution in [0.5, 0.6) is 0 Å². The Kier molecular flexibility index (Phi) is 4.59. The molecule has 1 aliphatic rings. The summed E-state index contributed by atoms with van der Waals surface area (Å²) in [6, 6.07) is 6.27. The van der Waals surface area contributed by atoms with Gasteiger partial charge in [-0.15, -0.1) is 0 Å². The maximum absolute atomic E-state index is 13.7. The number of hydrogen-bond acceptors (Lipinski definition) is 1. The minimum absolute atomic E-state index is 0.281. The van der Waals surface area contributed by atoms with Crippen molar-refractivity contribution in [3.05, 3.63) is 30.1 Å². The lowest BCUT2D eigenvalue weighted by Crippen LogP contribution is -2.33. The van der Waals surface area contributed by atoms with Gasteiger partial charge in [0.2, 0.25) is 0 Å². The topological polar surface area (TPSA) is 20.3 Å². The Morgan fingerprint density at radius 1 is 1.28 bits per heavy atom. The van der Waals surface area contributed by atoms with Gasteiger partial charge in [-0.1, -0.05) is 31.4 Å². The molecular formula is C14H17ClFNO. The van der Waals surface area contributed by atoms with E-state index in [1.807, 2.05) is 0 Å². The van der Waals surface area contributed by atoms with Gasteiger partial charge in [0, 0.05) is 6.54 Å². The monoisotopic (exact) mass is 269 g/mol.